The van der Waals surface area contributed by atoms with Gasteiger partial charge in [0.15, 0.2) is 0 Å². The van der Waals surface area contributed by atoms with Crippen molar-refractivity contribution in [3.05, 3.63) is 35.9 Å². The molecular formula is C15H19NO3. The maximum absolute atomic E-state index is 12.2. The molecular weight excluding hydrogens is 242 g/mol. The molecule has 0 spiro atoms. The van der Waals surface area contributed by atoms with E-state index in [1.807, 2.05) is 44.2 Å². The van der Waals surface area contributed by atoms with Crippen molar-refractivity contribution in [2.24, 2.45) is 5.92 Å². The van der Waals surface area contributed by atoms with E-state index >= 15 is 0 Å². The van der Waals surface area contributed by atoms with E-state index in [1.165, 1.54) is 4.90 Å². The molecule has 0 saturated carbocycles. The fourth-order valence-electron chi connectivity index (χ4n) is 2.23. The lowest BCUT2D eigenvalue weighted by atomic mass is 10.0. The van der Waals surface area contributed by atoms with Gasteiger partial charge in [0.25, 0.3) is 0 Å². The molecule has 4 heteroatoms. The van der Waals surface area contributed by atoms with Crippen LogP contribution in [0.4, 0.5) is 4.79 Å². The molecule has 0 N–H and O–H groups in total. The van der Waals surface area contributed by atoms with Crippen molar-refractivity contribution >= 4 is 12.0 Å². The van der Waals surface area contributed by atoms with Crippen LogP contribution in [0.5, 0.6) is 0 Å². The molecule has 1 heterocycles. The highest BCUT2D eigenvalue weighted by Gasteiger charge is 2.38. The Morgan fingerprint density at radius 2 is 2.05 bits per heavy atom. The van der Waals surface area contributed by atoms with E-state index in [9.17, 15) is 9.59 Å². The average molecular weight is 261 g/mol. The fourth-order valence-corrected chi connectivity index (χ4v) is 2.23. The Morgan fingerprint density at radius 3 is 2.68 bits per heavy atom. The molecule has 1 aliphatic rings. The third-order valence-corrected chi connectivity index (χ3v) is 3.41. The molecule has 2 amide bonds. The number of imide groups is 1. The Balaban J connectivity index is 1.97. The highest BCUT2D eigenvalue weighted by atomic mass is 16.6. The Hall–Kier alpha value is -1.84. The topological polar surface area (TPSA) is 46.6 Å². The van der Waals surface area contributed by atoms with Crippen molar-refractivity contribution < 1.29 is 14.3 Å². The van der Waals surface area contributed by atoms with Crippen molar-refractivity contribution in [3.63, 3.8) is 0 Å². The summed E-state index contributed by atoms with van der Waals surface area (Å²) in [6.45, 7) is 4.29. The Bertz CT molecular complexity index is 456. The molecule has 0 aliphatic carbocycles. The van der Waals surface area contributed by atoms with E-state index in [0.717, 1.165) is 5.56 Å². The SMILES string of the molecule is CC(C)[C@@H]1COC(=O)N1C(=O)CCc1ccccc1. The van der Waals surface area contributed by atoms with E-state index in [0.29, 0.717) is 19.4 Å². The van der Waals surface area contributed by atoms with Crippen LogP contribution in [0.3, 0.4) is 0 Å². The van der Waals surface area contributed by atoms with E-state index in [2.05, 4.69) is 0 Å². The first kappa shape index (κ1) is 13.6. The van der Waals surface area contributed by atoms with Gasteiger partial charge in [0.05, 0.1) is 6.04 Å². The normalized spacial score (nSPS) is 18.8. The van der Waals surface area contributed by atoms with Crippen molar-refractivity contribution in [2.45, 2.75) is 32.7 Å². The van der Waals surface area contributed by atoms with Crippen LogP contribution in [-0.2, 0) is 16.0 Å². The Labute approximate surface area is 113 Å². The summed E-state index contributed by atoms with van der Waals surface area (Å²) in [5, 5.41) is 0. The maximum atomic E-state index is 12.2. The lowest BCUT2D eigenvalue weighted by molar-refractivity contribution is -0.129. The first-order valence-corrected chi connectivity index (χ1v) is 6.62. The summed E-state index contributed by atoms with van der Waals surface area (Å²) in [6.07, 6.45) is 0.480. The van der Waals surface area contributed by atoms with Gasteiger partial charge >= 0.3 is 6.09 Å². The van der Waals surface area contributed by atoms with Gasteiger partial charge in [0, 0.05) is 6.42 Å². The first-order chi connectivity index (χ1) is 9.09. The number of nitrogens with zero attached hydrogens (tertiary/aromatic N) is 1. The zero-order valence-electron chi connectivity index (χ0n) is 11.3. The predicted octanol–water partition coefficient (Wildman–Crippen LogP) is 2.62. The number of carbonyl (C=O) groups excluding carboxylic acids is 2. The first-order valence-electron chi connectivity index (χ1n) is 6.62. The Kier molecular flexibility index (Phi) is 4.20. The molecule has 1 atom stereocenters. The highest BCUT2D eigenvalue weighted by Crippen LogP contribution is 2.21. The number of ether oxygens (including phenoxy) is 1. The number of hydrogen-bond donors (Lipinski definition) is 0. The average Bonchev–Trinajstić information content (AvgIpc) is 2.79. The molecule has 0 bridgehead atoms. The van der Waals surface area contributed by atoms with Crippen molar-refractivity contribution in [2.75, 3.05) is 6.61 Å². The van der Waals surface area contributed by atoms with E-state index in [-0.39, 0.29) is 17.9 Å². The van der Waals surface area contributed by atoms with Crippen LogP contribution in [0.2, 0.25) is 0 Å². The fraction of sp³-hybridized carbons (Fsp3) is 0.467. The molecule has 102 valence electrons. The molecule has 1 aromatic carbocycles. The number of benzene rings is 1. The van der Waals surface area contributed by atoms with E-state index < -0.39 is 6.09 Å². The second-order valence-corrected chi connectivity index (χ2v) is 5.14. The maximum Gasteiger partial charge on any atom is 0.416 e. The van der Waals surface area contributed by atoms with E-state index in [1.54, 1.807) is 0 Å². The number of aryl methyl sites for hydroxylation is 1. The molecule has 0 unspecified atom stereocenters. The summed E-state index contributed by atoms with van der Waals surface area (Å²) in [5.41, 5.74) is 1.10. The van der Waals surface area contributed by atoms with Crippen LogP contribution in [0.1, 0.15) is 25.8 Å². The minimum absolute atomic E-state index is 0.129. The molecule has 0 aromatic heterocycles. The summed E-state index contributed by atoms with van der Waals surface area (Å²) in [7, 11) is 0. The summed E-state index contributed by atoms with van der Waals surface area (Å²) in [6, 6.07) is 9.67. The second-order valence-electron chi connectivity index (χ2n) is 5.14. The summed E-state index contributed by atoms with van der Waals surface area (Å²) in [4.78, 5) is 25.1. The van der Waals surface area contributed by atoms with Crippen LogP contribution in [0, 0.1) is 5.92 Å². The van der Waals surface area contributed by atoms with Crippen molar-refractivity contribution in [3.8, 4) is 0 Å². The number of cyclic esters (lactones) is 1. The van der Waals surface area contributed by atoms with Gasteiger partial charge in [0.2, 0.25) is 5.91 Å². The van der Waals surface area contributed by atoms with Gasteiger partial charge < -0.3 is 4.74 Å². The largest absolute Gasteiger partial charge is 0.447 e. The van der Waals surface area contributed by atoms with Gasteiger partial charge in [-0.1, -0.05) is 44.2 Å². The van der Waals surface area contributed by atoms with Crippen molar-refractivity contribution in [1.29, 1.82) is 0 Å². The standard InChI is InChI=1S/C15H19NO3/c1-11(2)13-10-19-15(18)16(13)14(17)9-8-12-6-4-3-5-7-12/h3-7,11,13H,8-10H2,1-2H3/t13-/m0/s1. The molecule has 1 fully saturated rings. The zero-order valence-corrected chi connectivity index (χ0v) is 11.3. The van der Waals surface area contributed by atoms with Crippen LogP contribution in [0.15, 0.2) is 30.3 Å². The van der Waals surface area contributed by atoms with Gasteiger partial charge in [-0.3, -0.25) is 4.79 Å². The number of amides is 2. The molecule has 19 heavy (non-hydrogen) atoms. The quantitative estimate of drug-likeness (QED) is 0.837. The summed E-state index contributed by atoms with van der Waals surface area (Å²) >= 11 is 0. The lowest BCUT2D eigenvalue weighted by Gasteiger charge is -2.22. The number of carbonyl (C=O) groups is 2. The summed E-state index contributed by atoms with van der Waals surface area (Å²) in [5.74, 6) is 0.0668. The molecule has 0 radical (unpaired) electrons. The van der Waals surface area contributed by atoms with Gasteiger partial charge in [0.1, 0.15) is 6.61 Å². The Morgan fingerprint density at radius 1 is 1.37 bits per heavy atom. The van der Waals surface area contributed by atoms with Crippen LogP contribution in [-0.4, -0.2) is 29.5 Å². The molecule has 1 aromatic rings. The van der Waals surface area contributed by atoms with Crippen molar-refractivity contribution in [1.82, 2.24) is 4.90 Å². The minimum atomic E-state index is -0.503. The van der Waals surface area contributed by atoms with Gasteiger partial charge in [-0.05, 0) is 17.9 Å². The third-order valence-electron chi connectivity index (χ3n) is 3.41. The number of rotatable bonds is 4. The van der Waals surface area contributed by atoms with E-state index in [4.69, 9.17) is 4.74 Å². The van der Waals surface area contributed by atoms with Crippen LogP contribution >= 0.6 is 0 Å². The summed E-state index contributed by atoms with van der Waals surface area (Å²) < 4.78 is 4.98. The van der Waals surface area contributed by atoms with Crippen LogP contribution in [0.25, 0.3) is 0 Å². The number of hydrogen-bond acceptors (Lipinski definition) is 3. The second kappa shape index (κ2) is 5.87. The highest BCUT2D eigenvalue weighted by molar-refractivity contribution is 5.93. The lowest BCUT2D eigenvalue weighted by Crippen LogP contribution is -2.41. The van der Waals surface area contributed by atoms with Gasteiger partial charge in [-0.25, -0.2) is 9.69 Å². The predicted molar refractivity (Wildman–Crippen MR) is 71.6 cm³/mol. The molecule has 1 aliphatic heterocycles. The molecule has 1 saturated heterocycles. The zero-order chi connectivity index (χ0) is 13.8. The molecule has 4 nitrogen and oxygen atoms in total. The monoisotopic (exact) mass is 261 g/mol. The van der Waals surface area contributed by atoms with Gasteiger partial charge in [-0.15, -0.1) is 0 Å². The molecule has 2 rings (SSSR count). The smallest absolute Gasteiger partial charge is 0.416 e. The van der Waals surface area contributed by atoms with Crippen LogP contribution < -0.4 is 0 Å². The minimum Gasteiger partial charge on any atom is -0.447 e. The third kappa shape index (κ3) is 3.13. The van der Waals surface area contributed by atoms with Gasteiger partial charge in [-0.2, -0.15) is 0 Å².